The summed E-state index contributed by atoms with van der Waals surface area (Å²) in [5, 5.41) is 3.06. The van der Waals surface area contributed by atoms with Gasteiger partial charge in [0.15, 0.2) is 0 Å². The molecule has 110 valence electrons. The lowest BCUT2D eigenvalue weighted by Crippen LogP contribution is -2.41. The summed E-state index contributed by atoms with van der Waals surface area (Å²) in [6.45, 7) is 8.48. The van der Waals surface area contributed by atoms with Crippen molar-refractivity contribution in [3.63, 3.8) is 0 Å². The first-order valence-corrected chi connectivity index (χ1v) is 7.07. The van der Waals surface area contributed by atoms with Crippen molar-refractivity contribution in [1.82, 2.24) is 5.32 Å². The highest BCUT2D eigenvalue weighted by atomic mass is 16.5. The molecule has 0 atom stereocenters. The highest BCUT2D eigenvalue weighted by molar-refractivity contribution is 5.92. The number of nitrogens with one attached hydrogen (secondary N) is 1. The van der Waals surface area contributed by atoms with Gasteiger partial charge in [-0.2, -0.15) is 0 Å². The van der Waals surface area contributed by atoms with Crippen molar-refractivity contribution in [1.29, 1.82) is 0 Å². The SMILES string of the molecule is COc1ccccc1/C=C/C(=O)NC(C(C)C)C(C)C. The van der Waals surface area contributed by atoms with Crippen LogP contribution in [0.25, 0.3) is 6.08 Å². The molecule has 0 saturated carbocycles. The van der Waals surface area contributed by atoms with Gasteiger partial charge in [0.25, 0.3) is 0 Å². The molecule has 1 aromatic rings. The first kappa shape index (κ1) is 16.3. The van der Waals surface area contributed by atoms with Crippen LogP contribution in [0.15, 0.2) is 30.3 Å². The zero-order chi connectivity index (χ0) is 15.1. The van der Waals surface area contributed by atoms with Crippen molar-refractivity contribution < 1.29 is 9.53 Å². The normalized spacial score (nSPS) is 11.6. The summed E-state index contributed by atoms with van der Waals surface area (Å²) in [7, 11) is 1.63. The number of benzene rings is 1. The number of methoxy groups -OCH3 is 1. The molecule has 0 radical (unpaired) electrons. The van der Waals surface area contributed by atoms with Crippen LogP contribution in [0.2, 0.25) is 0 Å². The fraction of sp³-hybridized carbons (Fsp3) is 0.471. The number of hydrogen-bond acceptors (Lipinski definition) is 2. The predicted octanol–water partition coefficient (Wildman–Crippen LogP) is 3.51. The Kier molecular flexibility index (Phi) is 6.29. The molecule has 0 aromatic heterocycles. The second kappa shape index (κ2) is 7.73. The van der Waals surface area contributed by atoms with Crippen LogP contribution in [-0.4, -0.2) is 19.1 Å². The van der Waals surface area contributed by atoms with E-state index in [0.29, 0.717) is 11.8 Å². The van der Waals surface area contributed by atoms with E-state index in [0.717, 1.165) is 11.3 Å². The summed E-state index contributed by atoms with van der Waals surface area (Å²) in [5.41, 5.74) is 0.899. The van der Waals surface area contributed by atoms with Gasteiger partial charge in [-0.15, -0.1) is 0 Å². The molecule has 0 bridgehead atoms. The fourth-order valence-electron chi connectivity index (χ4n) is 2.29. The summed E-state index contributed by atoms with van der Waals surface area (Å²) < 4.78 is 5.25. The molecule has 0 aliphatic carbocycles. The third-order valence-electron chi connectivity index (χ3n) is 3.30. The maximum Gasteiger partial charge on any atom is 0.244 e. The van der Waals surface area contributed by atoms with Gasteiger partial charge in [0.05, 0.1) is 7.11 Å². The lowest BCUT2D eigenvalue weighted by molar-refractivity contribution is -0.117. The van der Waals surface area contributed by atoms with Crippen molar-refractivity contribution in [2.24, 2.45) is 11.8 Å². The summed E-state index contributed by atoms with van der Waals surface area (Å²) in [4.78, 5) is 12.0. The van der Waals surface area contributed by atoms with Crippen molar-refractivity contribution in [3.8, 4) is 5.75 Å². The standard InChI is InChI=1S/C17H25NO2/c1-12(2)17(13(3)4)18-16(19)11-10-14-8-6-7-9-15(14)20-5/h6-13,17H,1-5H3,(H,18,19)/b11-10+. The molecular weight excluding hydrogens is 250 g/mol. The molecular formula is C17H25NO2. The molecule has 0 aliphatic heterocycles. The minimum Gasteiger partial charge on any atom is -0.496 e. The van der Waals surface area contributed by atoms with Crippen LogP contribution in [0.1, 0.15) is 33.3 Å². The van der Waals surface area contributed by atoms with Gasteiger partial charge in [-0.3, -0.25) is 4.79 Å². The lowest BCUT2D eigenvalue weighted by Gasteiger charge is -2.25. The van der Waals surface area contributed by atoms with Crippen molar-refractivity contribution in [2.75, 3.05) is 7.11 Å². The zero-order valence-electron chi connectivity index (χ0n) is 13.0. The van der Waals surface area contributed by atoms with Gasteiger partial charge < -0.3 is 10.1 Å². The third kappa shape index (κ3) is 4.72. The molecule has 0 aliphatic rings. The summed E-state index contributed by atoms with van der Waals surface area (Å²) in [6.07, 6.45) is 3.35. The topological polar surface area (TPSA) is 38.3 Å². The Balaban J connectivity index is 2.72. The number of carbonyl (C=O) groups is 1. The van der Waals surface area contributed by atoms with Crippen molar-refractivity contribution in [2.45, 2.75) is 33.7 Å². The van der Waals surface area contributed by atoms with Crippen molar-refractivity contribution in [3.05, 3.63) is 35.9 Å². The highest BCUT2D eigenvalue weighted by Crippen LogP contribution is 2.18. The molecule has 0 heterocycles. The Morgan fingerprint density at radius 3 is 2.30 bits per heavy atom. The lowest BCUT2D eigenvalue weighted by atomic mass is 9.93. The minimum absolute atomic E-state index is 0.0664. The Labute approximate surface area is 122 Å². The van der Waals surface area contributed by atoms with E-state index < -0.39 is 0 Å². The van der Waals surface area contributed by atoms with Gasteiger partial charge in [0, 0.05) is 17.7 Å². The monoisotopic (exact) mass is 275 g/mol. The van der Waals surface area contributed by atoms with E-state index in [1.54, 1.807) is 19.3 Å². The number of hydrogen-bond donors (Lipinski definition) is 1. The first-order valence-electron chi connectivity index (χ1n) is 7.07. The van der Waals surface area contributed by atoms with E-state index in [1.165, 1.54) is 0 Å². The van der Waals surface area contributed by atoms with E-state index in [9.17, 15) is 4.79 Å². The van der Waals surface area contributed by atoms with Crippen LogP contribution in [0, 0.1) is 11.8 Å². The number of ether oxygens (including phenoxy) is 1. The molecule has 1 rings (SSSR count). The number of rotatable bonds is 6. The molecule has 0 fully saturated rings. The van der Waals surface area contributed by atoms with Crippen LogP contribution in [-0.2, 0) is 4.79 Å². The Morgan fingerprint density at radius 2 is 1.75 bits per heavy atom. The number of para-hydroxylation sites is 1. The van der Waals surface area contributed by atoms with E-state index in [1.807, 2.05) is 24.3 Å². The Morgan fingerprint density at radius 1 is 1.15 bits per heavy atom. The molecule has 1 N–H and O–H groups in total. The zero-order valence-corrected chi connectivity index (χ0v) is 13.0. The van der Waals surface area contributed by atoms with Gasteiger partial charge in [-0.05, 0) is 24.0 Å². The van der Waals surface area contributed by atoms with E-state index in [-0.39, 0.29) is 11.9 Å². The van der Waals surface area contributed by atoms with Crippen LogP contribution >= 0.6 is 0 Å². The van der Waals surface area contributed by atoms with Crippen LogP contribution in [0.3, 0.4) is 0 Å². The summed E-state index contributed by atoms with van der Waals surface area (Å²) in [5.74, 6) is 1.53. The maximum atomic E-state index is 12.0. The second-order valence-electron chi connectivity index (χ2n) is 5.60. The van der Waals surface area contributed by atoms with Gasteiger partial charge in [0.1, 0.15) is 5.75 Å². The summed E-state index contributed by atoms with van der Waals surface area (Å²) >= 11 is 0. The average molecular weight is 275 g/mol. The minimum atomic E-state index is -0.0664. The quantitative estimate of drug-likeness (QED) is 0.807. The highest BCUT2D eigenvalue weighted by Gasteiger charge is 2.18. The average Bonchev–Trinajstić information content (AvgIpc) is 2.42. The van der Waals surface area contributed by atoms with Gasteiger partial charge >= 0.3 is 0 Å². The smallest absolute Gasteiger partial charge is 0.244 e. The van der Waals surface area contributed by atoms with Crippen LogP contribution in [0.4, 0.5) is 0 Å². The van der Waals surface area contributed by atoms with Gasteiger partial charge in [0.2, 0.25) is 5.91 Å². The number of carbonyl (C=O) groups excluding carboxylic acids is 1. The van der Waals surface area contributed by atoms with E-state index >= 15 is 0 Å². The molecule has 3 heteroatoms. The van der Waals surface area contributed by atoms with Gasteiger partial charge in [-0.1, -0.05) is 45.9 Å². The van der Waals surface area contributed by atoms with Crippen molar-refractivity contribution >= 4 is 12.0 Å². The van der Waals surface area contributed by atoms with Gasteiger partial charge in [-0.25, -0.2) is 0 Å². The molecule has 0 unspecified atom stereocenters. The fourth-order valence-corrected chi connectivity index (χ4v) is 2.29. The van der Waals surface area contributed by atoms with Crippen LogP contribution < -0.4 is 10.1 Å². The Hall–Kier alpha value is -1.77. The van der Waals surface area contributed by atoms with E-state index in [2.05, 4.69) is 33.0 Å². The third-order valence-corrected chi connectivity index (χ3v) is 3.30. The Bertz CT molecular complexity index is 456. The molecule has 0 saturated heterocycles. The molecule has 20 heavy (non-hydrogen) atoms. The molecule has 1 aromatic carbocycles. The van der Waals surface area contributed by atoms with E-state index in [4.69, 9.17) is 4.74 Å². The molecule has 3 nitrogen and oxygen atoms in total. The first-order chi connectivity index (χ1) is 9.45. The van der Waals surface area contributed by atoms with Crippen LogP contribution in [0.5, 0.6) is 5.75 Å². The second-order valence-corrected chi connectivity index (χ2v) is 5.60. The molecule has 0 spiro atoms. The summed E-state index contributed by atoms with van der Waals surface area (Å²) in [6, 6.07) is 7.81. The largest absolute Gasteiger partial charge is 0.496 e. The maximum absolute atomic E-state index is 12.0. The predicted molar refractivity (Wildman–Crippen MR) is 83.6 cm³/mol. The number of amides is 1. The molecule has 1 amide bonds.